The predicted octanol–water partition coefficient (Wildman–Crippen LogP) is 5.96. The molecule has 1 fully saturated rings. The number of amides is 4. The molecule has 0 aliphatic carbocycles. The van der Waals surface area contributed by atoms with Gasteiger partial charge < -0.3 is 16.0 Å². The van der Waals surface area contributed by atoms with E-state index in [0.29, 0.717) is 47.5 Å². The molecule has 3 aromatic rings. The lowest BCUT2D eigenvalue weighted by Gasteiger charge is -2.26. The molecule has 0 radical (unpaired) electrons. The van der Waals surface area contributed by atoms with E-state index in [4.69, 9.17) is 23.2 Å². The van der Waals surface area contributed by atoms with Crippen molar-refractivity contribution in [3.8, 4) is 17.2 Å². The number of hydrogen-bond acceptors (Lipinski definition) is 4. The number of nitriles is 1. The maximum Gasteiger partial charge on any atom is 0.326 e. The predicted molar refractivity (Wildman–Crippen MR) is 156 cm³/mol. The molecule has 0 aromatic heterocycles. The van der Waals surface area contributed by atoms with Crippen molar-refractivity contribution in [2.24, 2.45) is 0 Å². The van der Waals surface area contributed by atoms with E-state index in [2.05, 4.69) is 26.9 Å². The van der Waals surface area contributed by atoms with Crippen LogP contribution in [0.15, 0.2) is 66.7 Å². The second-order valence-corrected chi connectivity index (χ2v) is 10.1. The average Bonchev–Trinajstić information content (AvgIpc) is 3.35. The summed E-state index contributed by atoms with van der Waals surface area (Å²) in [5.74, 6) is 0. The largest absolute Gasteiger partial charge is 0.338 e. The molecule has 1 aliphatic rings. The lowest BCUT2D eigenvalue weighted by atomic mass is 10.0. The first-order valence-corrected chi connectivity index (χ1v) is 13.5. The molecule has 0 bridgehead atoms. The quantitative estimate of drug-likeness (QED) is 0.314. The van der Waals surface area contributed by atoms with Crippen LogP contribution in [0.25, 0.3) is 11.1 Å². The maximum absolute atomic E-state index is 13.5. The Balaban J connectivity index is 1.49. The molecule has 39 heavy (non-hydrogen) atoms. The van der Waals surface area contributed by atoms with Crippen LogP contribution in [0.4, 0.5) is 21.0 Å². The van der Waals surface area contributed by atoms with Crippen molar-refractivity contribution in [3.05, 3.63) is 82.3 Å². The number of urea groups is 2. The van der Waals surface area contributed by atoms with E-state index in [1.54, 1.807) is 29.2 Å². The van der Waals surface area contributed by atoms with Gasteiger partial charge in [0.2, 0.25) is 0 Å². The summed E-state index contributed by atoms with van der Waals surface area (Å²) >= 11 is 12.3. The van der Waals surface area contributed by atoms with Gasteiger partial charge in [-0.1, -0.05) is 47.5 Å². The molecule has 0 spiro atoms. The van der Waals surface area contributed by atoms with Crippen LogP contribution in [-0.4, -0.2) is 55.7 Å². The van der Waals surface area contributed by atoms with Gasteiger partial charge in [-0.05, 0) is 66.9 Å². The van der Waals surface area contributed by atoms with E-state index in [-0.39, 0.29) is 18.1 Å². The minimum absolute atomic E-state index is 0.0656. The lowest BCUT2D eigenvalue weighted by Crippen LogP contribution is -2.44. The molecular weight excluding hydrogens is 535 g/mol. The molecule has 1 aliphatic heterocycles. The zero-order valence-electron chi connectivity index (χ0n) is 21.6. The topological polar surface area (TPSA) is 100 Å². The number of halogens is 2. The second-order valence-electron chi connectivity index (χ2n) is 9.27. The van der Waals surface area contributed by atoms with E-state index in [9.17, 15) is 14.9 Å². The monoisotopic (exact) mass is 564 g/mol. The van der Waals surface area contributed by atoms with E-state index in [1.807, 2.05) is 49.4 Å². The van der Waals surface area contributed by atoms with Gasteiger partial charge in [-0.15, -0.1) is 0 Å². The van der Waals surface area contributed by atoms with Crippen LogP contribution in [0, 0.1) is 11.3 Å². The molecule has 0 unspecified atom stereocenters. The summed E-state index contributed by atoms with van der Waals surface area (Å²) in [5.41, 5.74) is 3.67. The van der Waals surface area contributed by atoms with E-state index in [0.717, 1.165) is 29.8 Å². The SMILES string of the molecule is CCNC(=O)N[C@@H]1CCN(CCN(C(=O)Nc2cc(Cl)cc(Cl)c2)c2ccc(-c3cccc(C#N)c3)cc2)C1. The van der Waals surface area contributed by atoms with Gasteiger partial charge in [0.05, 0.1) is 11.6 Å². The fourth-order valence-electron chi connectivity index (χ4n) is 4.56. The highest BCUT2D eigenvalue weighted by molar-refractivity contribution is 6.35. The van der Waals surface area contributed by atoms with Gasteiger partial charge in [0.1, 0.15) is 0 Å². The fourth-order valence-corrected chi connectivity index (χ4v) is 5.08. The Morgan fingerprint density at radius 1 is 1.05 bits per heavy atom. The van der Waals surface area contributed by atoms with Crippen molar-refractivity contribution in [2.45, 2.75) is 19.4 Å². The van der Waals surface area contributed by atoms with Crippen molar-refractivity contribution in [1.29, 1.82) is 5.26 Å². The van der Waals surface area contributed by atoms with Crippen molar-refractivity contribution in [2.75, 3.05) is 42.9 Å². The van der Waals surface area contributed by atoms with Crippen LogP contribution in [0.5, 0.6) is 0 Å². The van der Waals surface area contributed by atoms with Gasteiger partial charge in [0.25, 0.3) is 0 Å². The van der Waals surface area contributed by atoms with Crippen molar-refractivity contribution < 1.29 is 9.59 Å². The number of nitrogens with zero attached hydrogens (tertiary/aromatic N) is 3. The third-order valence-electron chi connectivity index (χ3n) is 6.45. The first-order valence-electron chi connectivity index (χ1n) is 12.8. The number of anilines is 2. The summed E-state index contributed by atoms with van der Waals surface area (Å²) < 4.78 is 0. The summed E-state index contributed by atoms with van der Waals surface area (Å²) in [5, 5.41) is 18.7. The first-order chi connectivity index (χ1) is 18.8. The molecule has 1 atom stereocenters. The van der Waals surface area contributed by atoms with Gasteiger partial charge in [0, 0.05) is 60.2 Å². The van der Waals surface area contributed by atoms with Crippen LogP contribution in [0.1, 0.15) is 18.9 Å². The first kappa shape index (κ1) is 28.2. The van der Waals surface area contributed by atoms with Crippen LogP contribution >= 0.6 is 23.2 Å². The number of likely N-dealkylation sites (tertiary alicyclic amines) is 1. The van der Waals surface area contributed by atoms with Gasteiger partial charge in [-0.3, -0.25) is 9.80 Å². The third kappa shape index (κ3) is 7.87. The normalized spacial score (nSPS) is 14.9. The van der Waals surface area contributed by atoms with Gasteiger partial charge in [-0.25, -0.2) is 9.59 Å². The van der Waals surface area contributed by atoms with E-state index >= 15 is 0 Å². The van der Waals surface area contributed by atoms with Crippen LogP contribution < -0.4 is 20.9 Å². The van der Waals surface area contributed by atoms with Crippen molar-refractivity contribution in [1.82, 2.24) is 15.5 Å². The molecule has 8 nitrogen and oxygen atoms in total. The molecule has 3 N–H and O–H groups in total. The van der Waals surface area contributed by atoms with E-state index in [1.165, 1.54) is 0 Å². The van der Waals surface area contributed by atoms with E-state index < -0.39 is 0 Å². The Morgan fingerprint density at radius 2 is 1.79 bits per heavy atom. The van der Waals surface area contributed by atoms with Crippen molar-refractivity contribution >= 4 is 46.6 Å². The zero-order chi connectivity index (χ0) is 27.8. The molecule has 4 amide bonds. The Labute approximate surface area is 238 Å². The summed E-state index contributed by atoms with van der Waals surface area (Å²) in [4.78, 5) is 29.3. The second kappa shape index (κ2) is 13.3. The molecule has 1 saturated heterocycles. The van der Waals surface area contributed by atoms with Crippen LogP contribution in [-0.2, 0) is 0 Å². The molecule has 0 saturated carbocycles. The van der Waals surface area contributed by atoms with Gasteiger partial charge >= 0.3 is 12.1 Å². The highest BCUT2D eigenvalue weighted by Gasteiger charge is 2.25. The van der Waals surface area contributed by atoms with Crippen LogP contribution in [0.3, 0.4) is 0 Å². The van der Waals surface area contributed by atoms with Gasteiger partial charge in [-0.2, -0.15) is 5.26 Å². The maximum atomic E-state index is 13.5. The average molecular weight is 566 g/mol. The summed E-state index contributed by atoms with van der Waals surface area (Å²) in [6.45, 7) is 5.05. The third-order valence-corrected chi connectivity index (χ3v) is 6.88. The summed E-state index contributed by atoms with van der Waals surface area (Å²) in [6.07, 6.45) is 0.848. The summed E-state index contributed by atoms with van der Waals surface area (Å²) in [7, 11) is 0. The molecule has 3 aromatic carbocycles. The molecule has 10 heteroatoms. The van der Waals surface area contributed by atoms with Gasteiger partial charge in [0.15, 0.2) is 0 Å². The highest BCUT2D eigenvalue weighted by Crippen LogP contribution is 2.26. The minimum Gasteiger partial charge on any atom is -0.338 e. The fraction of sp³-hybridized carbons (Fsp3) is 0.276. The number of benzene rings is 3. The number of nitrogens with one attached hydrogen (secondary N) is 3. The lowest BCUT2D eigenvalue weighted by molar-refractivity contribution is 0.237. The molecule has 202 valence electrons. The molecule has 1 heterocycles. The standard InChI is InChI=1S/C29H30Cl2N6O2/c1-2-33-28(38)34-25-10-11-36(19-25)12-13-37(29(39)35-26-16-23(30)15-24(31)17-26)27-8-6-21(7-9-27)22-5-3-4-20(14-22)18-32/h3-9,14-17,25H,2,10-13,19H2,1H3,(H,35,39)(H2,33,34,38)/t25-/m1/s1. The Morgan fingerprint density at radius 3 is 2.49 bits per heavy atom. The minimum atomic E-state index is -0.316. The van der Waals surface area contributed by atoms with Crippen LogP contribution in [0.2, 0.25) is 10.0 Å². The molecule has 4 rings (SSSR count). The molecular formula is C29H30Cl2N6O2. The zero-order valence-corrected chi connectivity index (χ0v) is 23.1. The number of rotatable bonds is 8. The number of hydrogen-bond donors (Lipinski definition) is 3. The smallest absolute Gasteiger partial charge is 0.326 e. The Bertz CT molecular complexity index is 1340. The summed E-state index contributed by atoms with van der Waals surface area (Å²) in [6, 6.07) is 21.7. The highest BCUT2D eigenvalue weighted by atomic mass is 35.5. The number of carbonyl (C=O) groups is 2. The Hall–Kier alpha value is -3.77. The number of carbonyl (C=O) groups excluding carboxylic acids is 2. The van der Waals surface area contributed by atoms with Crippen molar-refractivity contribution in [3.63, 3.8) is 0 Å². The Kier molecular flexibility index (Phi) is 9.66.